The molecule has 0 aromatic heterocycles. The van der Waals surface area contributed by atoms with Gasteiger partial charge in [0.1, 0.15) is 0 Å². The van der Waals surface area contributed by atoms with E-state index < -0.39 is 0 Å². The standard InChI is InChI=1S/C21H32N2O2/c1-16(2)18-9-7-17(8-10-18)15-19(24)22-11-6-12-23(14-13-22)20(25)21(3,4)5/h7-10,16H,6,11-15H2,1-5H3. The first kappa shape index (κ1) is 19.5. The normalized spacial score (nSPS) is 16.1. The smallest absolute Gasteiger partial charge is 0.228 e. The topological polar surface area (TPSA) is 40.6 Å². The molecule has 0 bridgehead atoms. The van der Waals surface area contributed by atoms with Crippen molar-refractivity contribution in [1.82, 2.24) is 9.80 Å². The third-order valence-corrected chi connectivity index (χ3v) is 4.78. The monoisotopic (exact) mass is 344 g/mol. The van der Waals surface area contributed by atoms with Gasteiger partial charge in [-0.2, -0.15) is 0 Å². The average Bonchev–Trinajstić information content (AvgIpc) is 2.79. The molecule has 138 valence electrons. The Morgan fingerprint density at radius 1 is 0.960 bits per heavy atom. The molecule has 25 heavy (non-hydrogen) atoms. The van der Waals surface area contributed by atoms with Gasteiger partial charge in [-0.3, -0.25) is 9.59 Å². The minimum atomic E-state index is -0.364. The van der Waals surface area contributed by atoms with Gasteiger partial charge in [0.2, 0.25) is 11.8 Å². The summed E-state index contributed by atoms with van der Waals surface area (Å²) in [5.41, 5.74) is 1.99. The van der Waals surface area contributed by atoms with Gasteiger partial charge >= 0.3 is 0 Å². The number of hydrogen-bond donors (Lipinski definition) is 0. The van der Waals surface area contributed by atoms with Crippen LogP contribution in [0.25, 0.3) is 0 Å². The number of carbonyl (C=O) groups excluding carboxylic acids is 2. The minimum Gasteiger partial charge on any atom is -0.341 e. The van der Waals surface area contributed by atoms with Gasteiger partial charge in [-0.25, -0.2) is 0 Å². The quantitative estimate of drug-likeness (QED) is 0.842. The molecule has 0 aliphatic carbocycles. The Morgan fingerprint density at radius 2 is 1.52 bits per heavy atom. The summed E-state index contributed by atoms with van der Waals surface area (Å²) in [6.07, 6.45) is 1.28. The van der Waals surface area contributed by atoms with Gasteiger partial charge in [-0.15, -0.1) is 0 Å². The second-order valence-electron chi connectivity index (χ2n) is 8.35. The van der Waals surface area contributed by atoms with E-state index in [1.165, 1.54) is 5.56 Å². The fourth-order valence-electron chi connectivity index (χ4n) is 3.15. The lowest BCUT2D eigenvalue weighted by Crippen LogP contribution is -2.42. The van der Waals surface area contributed by atoms with Gasteiger partial charge in [-0.1, -0.05) is 58.9 Å². The van der Waals surface area contributed by atoms with Gasteiger partial charge < -0.3 is 9.80 Å². The molecule has 0 atom stereocenters. The van der Waals surface area contributed by atoms with Crippen molar-refractivity contribution in [3.63, 3.8) is 0 Å². The van der Waals surface area contributed by atoms with E-state index in [9.17, 15) is 9.59 Å². The van der Waals surface area contributed by atoms with Crippen molar-refractivity contribution in [2.24, 2.45) is 5.41 Å². The predicted octanol–water partition coefficient (Wildman–Crippen LogP) is 3.46. The molecule has 0 unspecified atom stereocenters. The Labute approximate surface area is 152 Å². The lowest BCUT2D eigenvalue weighted by atomic mass is 9.94. The molecule has 2 rings (SSSR count). The van der Waals surface area contributed by atoms with Crippen LogP contribution in [0.4, 0.5) is 0 Å². The molecule has 4 nitrogen and oxygen atoms in total. The zero-order valence-electron chi connectivity index (χ0n) is 16.3. The van der Waals surface area contributed by atoms with E-state index in [4.69, 9.17) is 0 Å². The molecular weight excluding hydrogens is 312 g/mol. The lowest BCUT2D eigenvalue weighted by molar-refractivity contribution is -0.139. The van der Waals surface area contributed by atoms with Gasteiger partial charge in [0, 0.05) is 31.6 Å². The first-order valence-corrected chi connectivity index (χ1v) is 9.34. The molecule has 0 radical (unpaired) electrons. The summed E-state index contributed by atoms with van der Waals surface area (Å²) in [5, 5.41) is 0. The van der Waals surface area contributed by atoms with Crippen LogP contribution in [0.3, 0.4) is 0 Å². The van der Waals surface area contributed by atoms with Crippen molar-refractivity contribution in [2.45, 2.75) is 53.4 Å². The highest BCUT2D eigenvalue weighted by molar-refractivity contribution is 5.82. The fraction of sp³-hybridized carbons (Fsp3) is 0.619. The van der Waals surface area contributed by atoms with Crippen LogP contribution in [0, 0.1) is 5.41 Å². The van der Waals surface area contributed by atoms with E-state index in [-0.39, 0.29) is 17.2 Å². The third kappa shape index (κ3) is 5.32. The number of benzene rings is 1. The summed E-state index contributed by atoms with van der Waals surface area (Å²) < 4.78 is 0. The average molecular weight is 344 g/mol. The van der Waals surface area contributed by atoms with E-state index in [1.807, 2.05) is 30.6 Å². The number of nitrogens with zero attached hydrogens (tertiary/aromatic N) is 2. The van der Waals surface area contributed by atoms with E-state index >= 15 is 0 Å². The van der Waals surface area contributed by atoms with Crippen LogP contribution in [0.1, 0.15) is 58.1 Å². The summed E-state index contributed by atoms with van der Waals surface area (Å²) in [5.74, 6) is 0.829. The van der Waals surface area contributed by atoms with E-state index in [0.717, 1.165) is 25.1 Å². The van der Waals surface area contributed by atoms with Crippen LogP contribution in [0.2, 0.25) is 0 Å². The summed E-state index contributed by atoms with van der Waals surface area (Å²) in [4.78, 5) is 28.9. The molecule has 2 amide bonds. The number of hydrogen-bond acceptors (Lipinski definition) is 2. The Bertz CT molecular complexity index is 599. The van der Waals surface area contributed by atoms with Crippen molar-refractivity contribution < 1.29 is 9.59 Å². The SMILES string of the molecule is CC(C)c1ccc(CC(=O)N2CCCN(C(=O)C(C)(C)C)CC2)cc1. The van der Waals surface area contributed by atoms with Crippen molar-refractivity contribution in [1.29, 1.82) is 0 Å². The van der Waals surface area contributed by atoms with Gasteiger partial charge in [-0.05, 0) is 23.5 Å². The highest BCUT2D eigenvalue weighted by atomic mass is 16.2. The molecule has 1 aromatic rings. The molecule has 1 aromatic carbocycles. The Hall–Kier alpha value is -1.84. The summed E-state index contributed by atoms with van der Waals surface area (Å²) >= 11 is 0. The predicted molar refractivity (Wildman–Crippen MR) is 101 cm³/mol. The van der Waals surface area contributed by atoms with E-state index in [2.05, 4.69) is 38.1 Å². The molecule has 0 spiro atoms. The van der Waals surface area contributed by atoms with Crippen molar-refractivity contribution in [3.8, 4) is 0 Å². The number of rotatable bonds is 3. The molecule has 1 fully saturated rings. The fourth-order valence-corrected chi connectivity index (χ4v) is 3.15. The summed E-state index contributed by atoms with van der Waals surface area (Å²) in [6.45, 7) is 12.9. The first-order valence-electron chi connectivity index (χ1n) is 9.34. The minimum absolute atomic E-state index is 0.155. The zero-order valence-corrected chi connectivity index (χ0v) is 16.3. The highest BCUT2D eigenvalue weighted by Crippen LogP contribution is 2.19. The Balaban J connectivity index is 1.93. The maximum absolute atomic E-state index is 12.6. The summed E-state index contributed by atoms with van der Waals surface area (Å²) in [7, 11) is 0. The maximum atomic E-state index is 12.6. The van der Waals surface area contributed by atoms with Crippen LogP contribution < -0.4 is 0 Å². The molecule has 4 heteroatoms. The molecule has 0 N–H and O–H groups in total. The molecule has 0 saturated carbocycles. The Kier molecular flexibility index (Phi) is 6.26. The van der Waals surface area contributed by atoms with Gasteiger partial charge in [0.25, 0.3) is 0 Å². The van der Waals surface area contributed by atoms with Crippen molar-refractivity contribution in [2.75, 3.05) is 26.2 Å². The van der Waals surface area contributed by atoms with Crippen LogP contribution in [-0.2, 0) is 16.0 Å². The van der Waals surface area contributed by atoms with E-state index in [0.29, 0.717) is 25.4 Å². The van der Waals surface area contributed by atoms with Crippen LogP contribution in [-0.4, -0.2) is 47.8 Å². The highest BCUT2D eigenvalue weighted by Gasteiger charge is 2.29. The van der Waals surface area contributed by atoms with Crippen LogP contribution in [0.5, 0.6) is 0 Å². The van der Waals surface area contributed by atoms with Gasteiger partial charge in [0.15, 0.2) is 0 Å². The van der Waals surface area contributed by atoms with Crippen LogP contribution in [0.15, 0.2) is 24.3 Å². The molecule has 1 aliphatic heterocycles. The van der Waals surface area contributed by atoms with E-state index in [1.54, 1.807) is 0 Å². The maximum Gasteiger partial charge on any atom is 0.228 e. The summed E-state index contributed by atoms with van der Waals surface area (Å²) in [6, 6.07) is 8.33. The molecular formula is C21H32N2O2. The molecule has 1 aliphatic rings. The van der Waals surface area contributed by atoms with Crippen molar-refractivity contribution >= 4 is 11.8 Å². The third-order valence-electron chi connectivity index (χ3n) is 4.78. The second kappa shape index (κ2) is 8.03. The van der Waals surface area contributed by atoms with Gasteiger partial charge in [0.05, 0.1) is 6.42 Å². The van der Waals surface area contributed by atoms with Crippen LogP contribution >= 0.6 is 0 Å². The largest absolute Gasteiger partial charge is 0.341 e. The van der Waals surface area contributed by atoms with Crippen molar-refractivity contribution in [3.05, 3.63) is 35.4 Å². The Morgan fingerprint density at radius 3 is 2.08 bits per heavy atom. The zero-order chi connectivity index (χ0) is 18.6. The number of amides is 2. The first-order chi connectivity index (χ1) is 11.7. The lowest BCUT2D eigenvalue weighted by Gasteiger charge is -2.28. The molecule has 1 saturated heterocycles. The molecule has 1 heterocycles. The second-order valence-corrected chi connectivity index (χ2v) is 8.35. The number of carbonyl (C=O) groups is 2.